The van der Waals surface area contributed by atoms with Crippen molar-refractivity contribution in [2.45, 2.75) is 0 Å². The Morgan fingerprint density at radius 2 is 0.981 bits per heavy atom. The van der Waals surface area contributed by atoms with Crippen LogP contribution in [0.1, 0.15) is 16.4 Å². The average molecular weight is 693 g/mol. The summed E-state index contributed by atoms with van der Waals surface area (Å²) in [4.78, 5) is 14.7. The minimum absolute atomic E-state index is 0.0113. The van der Waals surface area contributed by atoms with Crippen LogP contribution in [-0.2, 0) is 0 Å². The van der Waals surface area contributed by atoms with Crippen molar-refractivity contribution >= 4 is 74.9 Å². The number of thiophene rings is 1. The van der Waals surface area contributed by atoms with E-state index in [2.05, 4.69) is 0 Å². The van der Waals surface area contributed by atoms with Gasteiger partial charge in [-0.05, 0) is 70.0 Å². The first-order valence-corrected chi connectivity index (χ1v) is 17.3. The van der Waals surface area contributed by atoms with Crippen molar-refractivity contribution in [2.75, 3.05) is 0 Å². The van der Waals surface area contributed by atoms with Gasteiger partial charge in [0.25, 0.3) is 0 Å². The van der Waals surface area contributed by atoms with E-state index < -0.39 is 60.4 Å². The molecule has 0 saturated carbocycles. The third kappa shape index (κ3) is 4.57. The molecule has 0 bridgehead atoms. The van der Waals surface area contributed by atoms with E-state index in [1.807, 2.05) is 84.9 Å². The Bertz CT molecular complexity index is 3690. The van der Waals surface area contributed by atoms with Crippen LogP contribution >= 0.6 is 11.3 Å². The van der Waals surface area contributed by atoms with Crippen LogP contribution in [0, 0.1) is 0 Å². The molecule has 3 aromatic heterocycles. The molecule has 0 aliphatic carbocycles. The third-order valence-corrected chi connectivity index (χ3v) is 10.4. The Morgan fingerprint density at radius 1 is 0.462 bits per heavy atom. The molecule has 11 rings (SSSR count). The Morgan fingerprint density at radius 3 is 1.54 bits per heavy atom. The molecular weight excluding hydrogens is 653 g/mol. The Labute approximate surface area is 319 Å². The second-order valence-corrected chi connectivity index (χ2v) is 13.3. The van der Waals surface area contributed by atoms with Gasteiger partial charge < -0.3 is 4.57 Å². The largest absolute Gasteiger partial charge is 0.308 e. The van der Waals surface area contributed by atoms with Gasteiger partial charge in [-0.1, -0.05) is 121 Å². The molecule has 0 N–H and O–H groups in total. The monoisotopic (exact) mass is 692 g/mol. The van der Waals surface area contributed by atoms with Crippen molar-refractivity contribution in [1.82, 2.24) is 19.5 Å². The van der Waals surface area contributed by atoms with E-state index in [-0.39, 0.29) is 55.4 Å². The zero-order valence-corrected chi connectivity index (χ0v) is 27.8. The highest BCUT2D eigenvalue weighted by molar-refractivity contribution is 7.26. The molecular formula is C47H28N4S. The Hall–Kier alpha value is -6.69. The number of aromatic nitrogens is 4. The van der Waals surface area contributed by atoms with E-state index in [1.54, 1.807) is 16.7 Å². The van der Waals surface area contributed by atoms with Crippen molar-refractivity contribution in [3.05, 3.63) is 170 Å². The summed E-state index contributed by atoms with van der Waals surface area (Å²) in [5.41, 5.74) is 2.76. The minimum Gasteiger partial charge on any atom is -0.308 e. The Balaban J connectivity index is 1.25. The lowest BCUT2D eigenvalue weighted by atomic mass is 10.0. The fourth-order valence-electron chi connectivity index (χ4n) is 6.82. The van der Waals surface area contributed by atoms with E-state index >= 15 is 0 Å². The van der Waals surface area contributed by atoms with Gasteiger partial charge in [-0.3, -0.25) is 0 Å². The maximum absolute atomic E-state index is 9.71. The maximum atomic E-state index is 9.71. The van der Waals surface area contributed by atoms with Gasteiger partial charge in [-0.2, -0.15) is 0 Å². The molecule has 0 aliphatic heterocycles. The van der Waals surface area contributed by atoms with Gasteiger partial charge in [-0.25, -0.2) is 15.0 Å². The van der Waals surface area contributed by atoms with E-state index in [0.717, 1.165) is 26.6 Å². The zero-order chi connectivity index (χ0) is 44.6. The molecule has 5 heteroatoms. The third-order valence-electron chi connectivity index (χ3n) is 9.21. The second-order valence-electron chi connectivity index (χ2n) is 12.3. The summed E-state index contributed by atoms with van der Waals surface area (Å²) in [5, 5.41) is 0.607. The lowest BCUT2D eigenvalue weighted by Gasteiger charge is -2.10. The average Bonchev–Trinajstić information content (AvgIpc) is 3.89. The van der Waals surface area contributed by atoms with Crippen LogP contribution in [0.2, 0.25) is 0 Å². The van der Waals surface area contributed by atoms with Crippen LogP contribution in [0.15, 0.2) is 170 Å². The summed E-state index contributed by atoms with van der Waals surface area (Å²) < 4.78 is 111. The lowest BCUT2D eigenvalue weighted by Crippen LogP contribution is -2.00. The van der Waals surface area contributed by atoms with Crippen LogP contribution in [0.3, 0.4) is 0 Å². The molecule has 0 spiro atoms. The fourth-order valence-corrected chi connectivity index (χ4v) is 8.00. The maximum Gasteiger partial charge on any atom is 0.164 e. The normalized spacial score (nSPS) is 15.1. The molecule has 0 amide bonds. The van der Waals surface area contributed by atoms with Gasteiger partial charge in [0, 0.05) is 42.9 Å². The number of hydrogen-bond acceptors (Lipinski definition) is 4. The van der Waals surface area contributed by atoms with E-state index in [1.165, 1.54) is 11.3 Å². The van der Waals surface area contributed by atoms with Gasteiger partial charge in [0.2, 0.25) is 0 Å². The summed E-state index contributed by atoms with van der Waals surface area (Å²) in [6.45, 7) is 0. The second kappa shape index (κ2) is 11.4. The van der Waals surface area contributed by atoms with Crippen LogP contribution in [0.4, 0.5) is 0 Å². The zero-order valence-electron chi connectivity index (χ0n) is 38.9. The summed E-state index contributed by atoms with van der Waals surface area (Å²) in [5.74, 6) is 1.45. The molecule has 0 unspecified atom stereocenters. The highest BCUT2D eigenvalue weighted by Crippen LogP contribution is 2.43. The van der Waals surface area contributed by atoms with Crippen molar-refractivity contribution in [1.29, 1.82) is 0 Å². The quantitative estimate of drug-likeness (QED) is 0.184. The van der Waals surface area contributed by atoms with Crippen LogP contribution in [-0.4, -0.2) is 19.5 Å². The molecule has 0 fully saturated rings. The van der Waals surface area contributed by atoms with E-state index in [0.29, 0.717) is 33.4 Å². The number of hydrogen-bond donors (Lipinski definition) is 0. The number of nitrogens with zero attached hydrogens (tertiary/aromatic N) is 4. The van der Waals surface area contributed by atoms with Gasteiger partial charge in [0.1, 0.15) is 0 Å². The first kappa shape index (κ1) is 19.6. The molecule has 242 valence electrons. The standard InChI is InChI=1S/C47H28N4S/c1-3-12-29(13-4-1)45-48-46(30-14-5-2-6-15-30)50-47(49-45)35-22-23-43-39(26-35)36-20-11-21-40(44(36)52-43)51-41-27-33-18-9-7-16-31(33)24-37(41)38-25-32-17-8-10-19-34(32)28-42(38)51/h1-28H/i7D,8D,9D,10D,16D,17D,18D,19D,24D,25D,27D,28D. The lowest BCUT2D eigenvalue weighted by molar-refractivity contribution is 1.07. The van der Waals surface area contributed by atoms with Gasteiger partial charge in [0.15, 0.2) is 17.5 Å². The van der Waals surface area contributed by atoms with Crippen molar-refractivity contribution in [3.63, 3.8) is 0 Å². The molecule has 3 heterocycles. The highest BCUT2D eigenvalue weighted by atomic mass is 32.1. The molecule has 8 aromatic carbocycles. The van der Waals surface area contributed by atoms with Crippen LogP contribution in [0.5, 0.6) is 0 Å². The van der Waals surface area contributed by atoms with Gasteiger partial charge >= 0.3 is 0 Å². The topological polar surface area (TPSA) is 43.6 Å². The fraction of sp³-hybridized carbons (Fsp3) is 0. The molecule has 4 nitrogen and oxygen atoms in total. The first-order valence-electron chi connectivity index (χ1n) is 22.5. The minimum atomic E-state index is -0.598. The number of rotatable bonds is 4. The van der Waals surface area contributed by atoms with Crippen molar-refractivity contribution in [2.24, 2.45) is 0 Å². The van der Waals surface area contributed by atoms with E-state index in [9.17, 15) is 5.48 Å². The van der Waals surface area contributed by atoms with Crippen molar-refractivity contribution in [3.8, 4) is 39.9 Å². The van der Waals surface area contributed by atoms with Crippen LogP contribution < -0.4 is 0 Å². The first-order chi connectivity index (χ1) is 30.8. The summed E-state index contributed by atoms with van der Waals surface area (Å²) in [6.07, 6.45) is 0. The van der Waals surface area contributed by atoms with Gasteiger partial charge in [-0.15, -0.1) is 11.3 Å². The SMILES string of the molecule is [2H]c1c([2H])c([2H])c2c([2H])c3c(c([2H])c2c1[2H])c1c([2H])c2c([2H])c([2H])c([2H])c([2H])c2c([2H])c1n3-c1cccc2c1sc1ccc(-c3nc(-c4ccccc4)nc(-c4ccccc4)n3)cc12. The smallest absolute Gasteiger partial charge is 0.164 e. The predicted molar refractivity (Wildman–Crippen MR) is 218 cm³/mol. The molecule has 11 aromatic rings. The molecule has 0 radical (unpaired) electrons. The van der Waals surface area contributed by atoms with Crippen molar-refractivity contribution < 1.29 is 16.4 Å². The summed E-state index contributed by atoms with van der Waals surface area (Å²) in [6, 6.07) is 24.6. The van der Waals surface area contributed by atoms with Gasteiger partial charge in [0.05, 0.1) is 37.9 Å². The highest BCUT2D eigenvalue weighted by Gasteiger charge is 2.19. The Kier molecular flexibility index (Phi) is 4.31. The number of fused-ring (bicyclic) bond motifs is 8. The predicted octanol–water partition coefficient (Wildman–Crippen LogP) is 12.6. The molecule has 0 atom stereocenters. The summed E-state index contributed by atoms with van der Waals surface area (Å²) >= 11 is 1.42. The molecule has 0 saturated heterocycles. The molecule has 52 heavy (non-hydrogen) atoms. The van der Waals surface area contributed by atoms with Crippen LogP contribution in [0.25, 0.3) is 103 Å². The van der Waals surface area contributed by atoms with E-state index in [4.69, 9.17) is 25.9 Å². The number of benzene rings is 8. The summed E-state index contributed by atoms with van der Waals surface area (Å²) in [7, 11) is 0. The molecule has 0 aliphatic rings.